The van der Waals surface area contributed by atoms with Crippen LogP contribution in [0.5, 0.6) is 0 Å². The van der Waals surface area contributed by atoms with Crippen LogP contribution in [0.25, 0.3) is 0 Å². The van der Waals surface area contributed by atoms with E-state index < -0.39 is 5.97 Å². The van der Waals surface area contributed by atoms with Crippen molar-refractivity contribution >= 4 is 11.9 Å². The molecule has 13 heavy (non-hydrogen) atoms. The van der Waals surface area contributed by atoms with Crippen LogP contribution >= 0.6 is 0 Å². The van der Waals surface area contributed by atoms with Crippen molar-refractivity contribution in [3.63, 3.8) is 0 Å². The highest BCUT2D eigenvalue weighted by Crippen LogP contribution is 1.91. The van der Waals surface area contributed by atoms with Gasteiger partial charge >= 0.3 is 5.97 Å². The number of carboxylic acids is 1. The molecule has 0 aromatic rings. The molecule has 1 amide bonds. The highest BCUT2D eigenvalue weighted by atomic mass is 16.5. The third-order valence-corrected chi connectivity index (χ3v) is 1.30. The van der Waals surface area contributed by atoms with Gasteiger partial charge in [-0.1, -0.05) is 6.08 Å². The molecular weight excluding hydrogens is 174 g/mol. The summed E-state index contributed by atoms with van der Waals surface area (Å²) in [5, 5.41) is 8.46. The van der Waals surface area contributed by atoms with Crippen LogP contribution in [0.1, 0.15) is 0 Å². The molecule has 0 saturated carbocycles. The molecule has 5 nitrogen and oxygen atoms in total. The molecule has 0 aliphatic heterocycles. The van der Waals surface area contributed by atoms with Gasteiger partial charge in [0.2, 0.25) is 5.91 Å². The van der Waals surface area contributed by atoms with Gasteiger partial charge in [0, 0.05) is 13.7 Å². The van der Waals surface area contributed by atoms with Crippen LogP contribution in [-0.2, 0) is 14.3 Å². The van der Waals surface area contributed by atoms with Crippen LogP contribution in [0.15, 0.2) is 12.7 Å². The maximum absolute atomic E-state index is 11.2. The molecule has 1 N–H and O–H groups in total. The molecule has 0 rings (SSSR count). The number of aliphatic carboxylic acids is 1. The summed E-state index contributed by atoms with van der Waals surface area (Å²) in [5.41, 5.74) is 0. The van der Waals surface area contributed by atoms with Gasteiger partial charge in [0.25, 0.3) is 0 Å². The highest BCUT2D eigenvalue weighted by molar-refractivity contribution is 5.82. The molecule has 0 aromatic carbocycles. The number of carbonyl (C=O) groups excluding carboxylic acids is 1. The van der Waals surface area contributed by atoms with Crippen molar-refractivity contribution in [3.8, 4) is 0 Å². The second kappa shape index (κ2) is 6.19. The minimum atomic E-state index is -1.05. The molecule has 0 unspecified atom stereocenters. The van der Waals surface area contributed by atoms with Crippen molar-refractivity contribution in [2.45, 2.75) is 0 Å². The van der Waals surface area contributed by atoms with Crippen molar-refractivity contribution in [2.24, 2.45) is 0 Å². The summed E-state index contributed by atoms with van der Waals surface area (Å²) < 4.78 is 4.59. The smallest absolute Gasteiger partial charge is 0.323 e. The van der Waals surface area contributed by atoms with E-state index in [1.807, 2.05) is 0 Å². The number of carbonyl (C=O) groups is 2. The predicted molar refractivity (Wildman–Crippen MR) is 46.3 cm³/mol. The number of hydrogen-bond acceptors (Lipinski definition) is 3. The fraction of sp³-hybridized carbons (Fsp3) is 0.500. The van der Waals surface area contributed by atoms with Crippen LogP contribution < -0.4 is 0 Å². The number of ether oxygens (including phenoxy) is 1. The molecule has 5 heteroatoms. The maximum atomic E-state index is 11.2. The zero-order chi connectivity index (χ0) is 10.3. The lowest BCUT2D eigenvalue weighted by Gasteiger charge is -2.17. The largest absolute Gasteiger partial charge is 0.480 e. The van der Waals surface area contributed by atoms with Crippen molar-refractivity contribution in [1.29, 1.82) is 0 Å². The molecule has 0 aromatic heterocycles. The van der Waals surface area contributed by atoms with Gasteiger partial charge in [-0.2, -0.15) is 0 Å². The molecule has 0 heterocycles. The number of amides is 1. The van der Waals surface area contributed by atoms with E-state index in [2.05, 4.69) is 11.3 Å². The van der Waals surface area contributed by atoms with Crippen LogP contribution in [0.2, 0.25) is 0 Å². The van der Waals surface area contributed by atoms with Crippen molar-refractivity contribution in [3.05, 3.63) is 12.7 Å². The molecule has 0 aliphatic carbocycles. The van der Waals surface area contributed by atoms with Gasteiger partial charge in [0.1, 0.15) is 13.2 Å². The van der Waals surface area contributed by atoms with E-state index in [0.29, 0.717) is 0 Å². The summed E-state index contributed by atoms with van der Waals surface area (Å²) in [5.74, 6) is -1.41. The molecule has 0 bridgehead atoms. The topological polar surface area (TPSA) is 66.8 Å². The summed E-state index contributed by atoms with van der Waals surface area (Å²) >= 11 is 0. The quantitative estimate of drug-likeness (QED) is 0.581. The predicted octanol–water partition coefficient (Wildman–Crippen LogP) is -0.268. The molecule has 0 atom stereocenters. The van der Waals surface area contributed by atoms with Gasteiger partial charge in [-0.05, 0) is 0 Å². The number of carboxylic acid groups (broad SMARTS) is 1. The van der Waals surface area contributed by atoms with Crippen LogP contribution in [0.4, 0.5) is 0 Å². The fourth-order valence-corrected chi connectivity index (χ4v) is 0.788. The fourth-order valence-electron chi connectivity index (χ4n) is 0.788. The van der Waals surface area contributed by atoms with Gasteiger partial charge < -0.3 is 14.7 Å². The second-order valence-electron chi connectivity index (χ2n) is 2.39. The van der Waals surface area contributed by atoms with Crippen molar-refractivity contribution in [2.75, 3.05) is 26.8 Å². The number of methoxy groups -OCH3 is 1. The standard InChI is InChI=1S/C8H13NO4/c1-3-4-9(5-8(11)12)7(10)6-13-2/h3H,1,4-6H2,2H3,(H,11,12). The van der Waals surface area contributed by atoms with E-state index in [9.17, 15) is 9.59 Å². The summed E-state index contributed by atoms with van der Waals surface area (Å²) in [4.78, 5) is 22.6. The second-order valence-corrected chi connectivity index (χ2v) is 2.39. The van der Waals surface area contributed by atoms with E-state index in [0.717, 1.165) is 4.90 Å². The zero-order valence-electron chi connectivity index (χ0n) is 7.52. The first-order valence-corrected chi connectivity index (χ1v) is 3.71. The number of hydrogen-bond donors (Lipinski definition) is 1. The van der Waals surface area contributed by atoms with E-state index >= 15 is 0 Å². The van der Waals surface area contributed by atoms with Crippen LogP contribution in [0, 0.1) is 0 Å². The molecule has 0 fully saturated rings. The Bertz CT molecular complexity index is 202. The first-order chi connectivity index (χ1) is 6.11. The van der Waals surface area contributed by atoms with Gasteiger partial charge in [-0.25, -0.2) is 0 Å². The lowest BCUT2D eigenvalue weighted by Crippen LogP contribution is -2.37. The van der Waals surface area contributed by atoms with Gasteiger partial charge in [0.15, 0.2) is 0 Å². The number of rotatable bonds is 6. The maximum Gasteiger partial charge on any atom is 0.323 e. The minimum Gasteiger partial charge on any atom is -0.480 e. The zero-order valence-corrected chi connectivity index (χ0v) is 7.52. The average Bonchev–Trinajstić information content (AvgIpc) is 2.03. The average molecular weight is 187 g/mol. The normalized spacial score (nSPS) is 9.31. The molecule has 74 valence electrons. The molecule has 0 aliphatic rings. The Kier molecular flexibility index (Phi) is 5.54. The first-order valence-electron chi connectivity index (χ1n) is 3.71. The lowest BCUT2D eigenvalue weighted by molar-refractivity contribution is -0.145. The van der Waals surface area contributed by atoms with E-state index in [1.54, 1.807) is 0 Å². The van der Waals surface area contributed by atoms with Gasteiger partial charge in [0.05, 0.1) is 0 Å². The lowest BCUT2D eigenvalue weighted by atomic mass is 10.4. The van der Waals surface area contributed by atoms with E-state index in [4.69, 9.17) is 5.11 Å². The third-order valence-electron chi connectivity index (χ3n) is 1.30. The van der Waals surface area contributed by atoms with E-state index in [1.165, 1.54) is 13.2 Å². The van der Waals surface area contributed by atoms with Crippen molar-refractivity contribution in [1.82, 2.24) is 4.90 Å². The minimum absolute atomic E-state index is 0.110. The SMILES string of the molecule is C=CCN(CC(=O)O)C(=O)COC. The summed E-state index contributed by atoms with van der Waals surface area (Å²) in [6.07, 6.45) is 1.47. The summed E-state index contributed by atoms with van der Waals surface area (Å²) in [7, 11) is 1.38. The molecular formula is C8H13NO4. The summed E-state index contributed by atoms with van der Waals surface area (Å²) in [6.45, 7) is 3.20. The molecule has 0 radical (unpaired) electrons. The Morgan fingerprint density at radius 1 is 1.62 bits per heavy atom. The molecule has 0 spiro atoms. The Labute approximate surface area is 76.6 Å². The number of nitrogens with zero attached hydrogens (tertiary/aromatic N) is 1. The third kappa shape index (κ3) is 4.97. The summed E-state index contributed by atoms with van der Waals surface area (Å²) in [6, 6.07) is 0. The van der Waals surface area contributed by atoms with Gasteiger partial charge in [-0.3, -0.25) is 9.59 Å². The Hall–Kier alpha value is -1.36. The monoisotopic (exact) mass is 187 g/mol. The van der Waals surface area contributed by atoms with Crippen molar-refractivity contribution < 1.29 is 19.4 Å². The molecule has 0 saturated heterocycles. The van der Waals surface area contributed by atoms with Crippen LogP contribution in [-0.4, -0.2) is 48.7 Å². The van der Waals surface area contributed by atoms with Gasteiger partial charge in [-0.15, -0.1) is 6.58 Å². The van der Waals surface area contributed by atoms with Crippen LogP contribution in [0.3, 0.4) is 0 Å². The van der Waals surface area contributed by atoms with E-state index in [-0.39, 0.29) is 25.6 Å². The first kappa shape index (κ1) is 11.6. The highest BCUT2D eigenvalue weighted by Gasteiger charge is 2.14. The Morgan fingerprint density at radius 3 is 2.62 bits per heavy atom. The Balaban J connectivity index is 4.13. The Morgan fingerprint density at radius 2 is 2.23 bits per heavy atom.